The number of hydrogen-bond donors (Lipinski definition) is 1. The second kappa shape index (κ2) is 8.05. The van der Waals surface area contributed by atoms with E-state index in [9.17, 15) is 4.79 Å². The van der Waals surface area contributed by atoms with Crippen LogP contribution < -0.4 is 5.32 Å². The molecule has 1 aliphatic carbocycles. The number of amides is 1. The van der Waals surface area contributed by atoms with Crippen molar-refractivity contribution in [2.45, 2.75) is 38.1 Å². The van der Waals surface area contributed by atoms with Crippen LogP contribution in [0, 0.1) is 0 Å². The number of nitrogens with one attached hydrogen (secondary N) is 1. The van der Waals surface area contributed by atoms with E-state index in [1.54, 1.807) is 0 Å². The molecule has 1 saturated carbocycles. The van der Waals surface area contributed by atoms with Gasteiger partial charge in [0, 0.05) is 42.3 Å². The van der Waals surface area contributed by atoms with Gasteiger partial charge in [0.1, 0.15) is 5.69 Å². The summed E-state index contributed by atoms with van der Waals surface area (Å²) in [5.41, 5.74) is 3.33. The minimum Gasteiger partial charge on any atom is -0.379 e. The summed E-state index contributed by atoms with van der Waals surface area (Å²) in [7, 11) is 0. The topological polar surface area (TPSA) is 80.5 Å². The minimum atomic E-state index is -0.165. The molecule has 0 unspecified atom stereocenters. The Balaban J connectivity index is 1.47. The maximum Gasteiger partial charge on any atom is 0.259 e. The van der Waals surface area contributed by atoms with Crippen molar-refractivity contribution in [2.75, 3.05) is 32.8 Å². The van der Waals surface area contributed by atoms with E-state index in [0.717, 1.165) is 50.4 Å². The highest BCUT2D eigenvalue weighted by Crippen LogP contribution is 2.41. The fraction of sp³-hybridized carbons (Fsp3) is 0.458. The third-order valence-corrected chi connectivity index (χ3v) is 6.30. The lowest BCUT2D eigenvalue weighted by atomic mass is 10.0. The van der Waals surface area contributed by atoms with Gasteiger partial charge in [-0.3, -0.25) is 9.69 Å². The van der Waals surface area contributed by atoms with Crippen LogP contribution in [0.4, 0.5) is 0 Å². The third-order valence-electron chi connectivity index (χ3n) is 6.30. The lowest BCUT2D eigenvalue weighted by Gasteiger charge is -2.40. The second-order valence-electron chi connectivity index (χ2n) is 9.04. The van der Waals surface area contributed by atoms with Gasteiger partial charge in [-0.15, -0.1) is 0 Å². The van der Waals surface area contributed by atoms with Gasteiger partial charge in [-0.05, 0) is 32.8 Å². The summed E-state index contributed by atoms with van der Waals surface area (Å²) in [5.74, 6) is 0.294. The molecule has 5 rings (SSSR count). The van der Waals surface area contributed by atoms with E-state index in [1.165, 1.54) is 0 Å². The average molecular weight is 421 g/mol. The van der Waals surface area contributed by atoms with E-state index in [-0.39, 0.29) is 11.4 Å². The number of hydrogen-bond acceptors (Lipinski definition) is 6. The molecule has 7 heteroatoms. The molecule has 1 amide bonds. The third kappa shape index (κ3) is 4.07. The number of carbonyl (C=O) groups excluding carboxylic acids is 1. The first-order chi connectivity index (χ1) is 15.0. The standard InChI is InChI=1S/C24H28N4O3/c1-24(2,28-10-12-30-13-11-28)15-25-22(29)18-14-19(16-8-9-16)26-23-20(18)21(27-31-23)17-6-4-3-5-7-17/h3-7,14,16H,8-13,15H2,1-2H3,(H,25,29). The molecule has 0 atom stereocenters. The number of nitrogens with zero attached hydrogens (tertiary/aromatic N) is 3. The van der Waals surface area contributed by atoms with Gasteiger partial charge in [-0.2, -0.15) is 0 Å². The predicted molar refractivity (Wildman–Crippen MR) is 118 cm³/mol. The molecule has 31 heavy (non-hydrogen) atoms. The van der Waals surface area contributed by atoms with E-state index in [0.29, 0.717) is 34.8 Å². The van der Waals surface area contributed by atoms with E-state index >= 15 is 0 Å². The molecule has 1 saturated heterocycles. The first kappa shape index (κ1) is 20.2. The lowest BCUT2D eigenvalue weighted by molar-refractivity contribution is -0.00922. The number of pyridine rings is 1. The Morgan fingerprint density at radius 3 is 2.65 bits per heavy atom. The average Bonchev–Trinajstić information content (AvgIpc) is 3.57. The van der Waals surface area contributed by atoms with E-state index in [4.69, 9.17) is 9.26 Å². The van der Waals surface area contributed by atoms with Crippen molar-refractivity contribution in [1.82, 2.24) is 20.4 Å². The van der Waals surface area contributed by atoms with Gasteiger partial charge in [0.25, 0.3) is 11.6 Å². The van der Waals surface area contributed by atoms with Crippen LogP contribution in [0.15, 0.2) is 40.9 Å². The molecule has 2 aliphatic rings. The van der Waals surface area contributed by atoms with Crippen molar-refractivity contribution in [3.05, 3.63) is 47.7 Å². The van der Waals surface area contributed by atoms with Gasteiger partial charge in [-0.1, -0.05) is 35.5 Å². The molecule has 2 aromatic heterocycles. The molecule has 0 spiro atoms. The zero-order chi connectivity index (χ0) is 21.4. The summed E-state index contributed by atoms with van der Waals surface area (Å²) in [6, 6.07) is 11.7. The summed E-state index contributed by atoms with van der Waals surface area (Å²) < 4.78 is 11.1. The first-order valence-corrected chi connectivity index (χ1v) is 11.0. The number of carbonyl (C=O) groups is 1. The van der Waals surface area contributed by atoms with Crippen molar-refractivity contribution in [3.8, 4) is 11.3 Å². The summed E-state index contributed by atoms with van der Waals surface area (Å²) >= 11 is 0. The van der Waals surface area contributed by atoms with E-state index in [2.05, 4.69) is 34.2 Å². The molecule has 1 N–H and O–H groups in total. The Kier molecular flexibility index (Phi) is 5.24. The zero-order valence-electron chi connectivity index (χ0n) is 18.1. The summed E-state index contributed by atoms with van der Waals surface area (Å²) in [6.45, 7) is 8.06. The zero-order valence-corrected chi connectivity index (χ0v) is 18.1. The van der Waals surface area contributed by atoms with Gasteiger partial charge in [0.2, 0.25) is 0 Å². The maximum absolute atomic E-state index is 13.4. The smallest absolute Gasteiger partial charge is 0.259 e. The molecule has 0 bridgehead atoms. The second-order valence-corrected chi connectivity index (χ2v) is 9.04. The first-order valence-electron chi connectivity index (χ1n) is 11.0. The largest absolute Gasteiger partial charge is 0.379 e. The van der Waals surface area contributed by atoms with Crippen LogP contribution in [0.3, 0.4) is 0 Å². The number of fused-ring (bicyclic) bond motifs is 1. The van der Waals surface area contributed by atoms with Gasteiger partial charge in [0.15, 0.2) is 0 Å². The summed E-state index contributed by atoms with van der Waals surface area (Å²) in [5, 5.41) is 8.12. The fourth-order valence-corrected chi connectivity index (χ4v) is 4.20. The molecular weight excluding hydrogens is 392 g/mol. The maximum atomic E-state index is 13.4. The lowest BCUT2D eigenvalue weighted by Crippen LogP contribution is -2.55. The van der Waals surface area contributed by atoms with Crippen LogP contribution in [0.2, 0.25) is 0 Å². The van der Waals surface area contributed by atoms with E-state index in [1.807, 2.05) is 36.4 Å². The van der Waals surface area contributed by atoms with Crippen LogP contribution in [-0.2, 0) is 4.74 Å². The van der Waals surface area contributed by atoms with Crippen LogP contribution in [0.5, 0.6) is 0 Å². The highest BCUT2D eigenvalue weighted by molar-refractivity contribution is 6.09. The highest BCUT2D eigenvalue weighted by atomic mass is 16.5. The normalized spacial score (nSPS) is 17.7. The van der Waals surface area contributed by atoms with Gasteiger partial charge in [0.05, 0.1) is 24.2 Å². The van der Waals surface area contributed by atoms with Gasteiger partial charge < -0.3 is 14.6 Å². The van der Waals surface area contributed by atoms with Crippen LogP contribution in [-0.4, -0.2) is 59.3 Å². The quantitative estimate of drug-likeness (QED) is 0.656. The van der Waals surface area contributed by atoms with Crippen molar-refractivity contribution in [1.29, 1.82) is 0 Å². The fourth-order valence-electron chi connectivity index (χ4n) is 4.20. The summed E-state index contributed by atoms with van der Waals surface area (Å²) in [6.07, 6.45) is 2.20. The molecule has 2 fully saturated rings. The van der Waals surface area contributed by atoms with Crippen LogP contribution >= 0.6 is 0 Å². The molecule has 1 aromatic carbocycles. The monoisotopic (exact) mass is 420 g/mol. The Hall–Kier alpha value is -2.77. The number of morpholine rings is 1. The Morgan fingerprint density at radius 2 is 1.94 bits per heavy atom. The van der Waals surface area contributed by atoms with Gasteiger partial charge >= 0.3 is 0 Å². The Morgan fingerprint density at radius 1 is 1.19 bits per heavy atom. The van der Waals surface area contributed by atoms with E-state index < -0.39 is 0 Å². The molecule has 0 radical (unpaired) electrons. The van der Waals surface area contributed by atoms with Crippen LogP contribution in [0.25, 0.3) is 22.4 Å². The SMILES string of the molecule is CC(C)(CNC(=O)c1cc(C2CC2)nc2onc(-c3ccccc3)c12)N1CCOCC1. The summed E-state index contributed by atoms with van der Waals surface area (Å²) in [4.78, 5) is 20.5. The molecular formula is C24H28N4O3. The molecule has 7 nitrogen and oxygen atoms in total. The van der Waals surface area contributed by atoms with Crippen molar-refractivity contribution in [3.63, 3.8) is 0 Å². The van der Waals surface area contributed by atoms with Crippen LogP contribution in [0.1, 0.15) is 48.7 Å². The molecule has 3 heterocycles. The number of ether oxygens (including phenoxy) is 1. The van der Waals surface area contributed by atoms with Crippen molar-refractivity contribution >= 4 is 17.0 Å². The Bertz CT molecular complexity index is 1080. The number of aromatic nitrogens is 2. The molecule has 1 aliphatic heterocycles. The molecule has 3 aromatic rings. The molecule has 162 valence electrons. The minimum absolute atomic E-state index is 0.115. The van der Waals surface area contributed by atoms with Crippen molar-refractivity contribution < 1.29 is 14.1 Å². The number of benzene rings is 1. The van der Waals surface area contributed by atoms with Crippen molar-refractivity contribution in [2.24, 2.45) is 0 Å². The highest BCUT2D eigenvalue weighted by Gasteiger charge is 2.31. The predicted octanol–water partition coefficient (Wildman–Crippen LogP) is 3.61. The Labute approximate surface area is 181 Å². The number of rotatable bonds is 6. The van der Waals surface area contributed by atoms with Gasteiger partial charge in [-0.25, -0.2) is 4.98 Å².